The summed E-state index contributed by atoms with van der Waals surface area (Å²) in [5.41, 5.74) is 0. The molecule has 0 radical (unpaired) electrons. The summed E-state index contributed by atoms with van der Waals surface area (Å²) >= 11 is 3.26. The number of rotatable bonds is 10. The summed E-state index contributed by atoms with van der Waals surface area (Å²) in [6.07, 6.45) is 16.7. The Balaban J connectivity index is 0.00000204. The van der Waals surface area contributed by atoms with Crippen LogP contribution in [0.1, 0.15) is 27.2 Å². The SMILES string of the molecule is C=C.C=CC(/C=C\C=C/CC)Oc1ccc(-c2ccc(O/C(C)=C/C=C\C)s2)s1. The Labute approximate surface area is 183 Å². The summed E-state index contributed by atoms with van der Waals surface area (Å²) in [4.78, 5) is 2.33. The van der Waals surface area contributed by atoms with Crippen LogP contribution < -0.4 is 9.47 Å². The van der Waals surface area contributed by atoms with Crippen LogP contribution in [-0.4, -0.2) is 6.10 Å². The van der Waals surface area contributed by atoms with Crippen molar-refractivity contribution >= 4 is 22.7 Å². The van der Waals surface area contributed by atoms with Crippen molar-refractivity contribution in [1.29, 1.82) is 0 Å². The Morgan fingerprint density at radius 3 is 2.31 bits per heavy atom. The van der Waals surface area contributed by atoms with Crippen molar-refractivity contribution < 1.29 is 9.47 Å². The molecule has 0 saturated carbocycles. The van der Waals surface area contributed by atoms with Gasteiger partial charge in [0.05, 0.1) is 0 Å². The van der Waals surface area contributed by atoms with Crippen LogP contribution in [-0.2, 0) is 0 Å². The van der Waals surface area contributed by atoms with Crippen LogP contribution in [0.5, 0.6) is 10.1 Å². The molecule has 2 aromatic heterocycles. The standard InChI is InChI=1S/C23H26O2S2.C2H4/c1-5-8-10-11-13-19(7-3)25-23-17-15-21(27-23)20-14-16-22(26-20)24-18(4)12-9-6-2;1-2/h6-17,19H,3,5H2,1-2,4H3;1-2H2/b9-6-,10-8-,13-11-,18-12+;. The number of thiophene rings is 2. The van der Waals surface area contributed by atoms with E-state index in [1.165, 1.54) is 4.88 Å². The molecule has 154 valence electrons. The van der Waals surface area contributed by atoms with Crippen molar-refractivity contribution in [2.45, 2.75) is 33.3 Å². The first kappa shape index (κ1) is 24.5. The predicted molar refractivity (Wildman–Crippen MR) is 131 cm³/mol. The number of hydrogen-bond donors (Lipinski definition) is 0. The molecular weight excluding hydrogens is 396 g/mol. The fourth-order valence-electron chi connectivity index (χ4n) is 2.14. The average molecular weight is 427 g/mol. The van der Waals surface area contributed by atoms with Crippen molar-refractivity contribution in [2.24, 2.45) is 0 Å². The fourth-order valence-corrected chi connectivity index (χ4v) is 4.03. The average Bonchev–Trinajstić information content (AvgIpc) is 3.39. The van der Waals surface area contributed by atoms with Crippen LogP contribution in [0.4, 0.5) is 0 Å². The molecule has 0 aliphatic rings. The van der Waals surface area contributed by atoms with Gasteiger partial charge >= 0.3 is 0 Å². The molecule has 2 rings (SSSR count). The molecule has 0 fully saturated rings. The molecule has 2 aromatic rings. The van der Waals surface area contributed by atoms with Crippen LogP contribution in [0.15, 0.2) is 98.4 Å². The van der Waals surface area contributed by atoms with Gasteiger partial charge in [-0.2, -0.15) is 0 Å². The Kier molecular flexibility index (Phi) is 12.2. The minimum atomic E-state index is -0.139. The van der Waals surface area contributed by atoms with E-state index in [1.807, 2.05) is 62.4 Å². The maximum absolute atomic E-state index is 6.00. The van der Waals surface area contributed by atoms with E-state index in [4.69, 9.17) is 9.47 Å². The van der Waals surface area contributed by atoms with Crippen molar-refractivity contribution in [3.05, 3.63) is 98.4 Å². The van der Waals surface area contributed by atoms with Gasteiger partial charge < -0.3 is 9.47 Å². The molecule has 0 aliphatic carbocycles. The van der Waals surface area contributed by atoms with Gasteiger partial charge in [0.1, 0.15) is 11.9 Å². The maximum Gasteiger partial charge on any atom is 0.181 e. The molecule has 2 nitrogen and oxygen atoms in total. The molecule has 0 saturated heterocycles. The zero-order chi connectivity index (χ0) is 21.5. The van der Waals surface area contributed by atoms with Gasteiger partial charge in [-0.25, -0.2) is 0 Å². The molecule has 0 aliphatic heterocycles. The lowest BCUT2D eigenvalue weighted by molar-refractivity contribution is 0.306. The second-order valence-corrected chi connectivity index (χ2v) is 7.77. The van der Waals surface area contributed by atoms with Crippen LogP contribution in [0.25, 0.3) is 9.75 Å². The van der Waals surface area contributed by atoms with Crippen molar-refractivity contribution in [3.8, 4) is 19.9 Å². The summed E-state index contributed by atoms with van der Waals surface area (Å²) in [5.74, 6) is 0.870. The van der Waals surface area contributed by atoms with E-state index >= 15 is 0 Å². The molecule has 0 aromatic carbocycles. The highest BCUT2D eigenvalue weighted by atomic mass is 32.1. The maximum atomic E-state index is 6.00. The van der Waals surface area contributed by atoms with Crippen molar-refractivity contribution in [3.63, 3.8) is 0 Å². The first-order valence-corrected chi connectivity index (χ1v) is 11.1. The largest absolute Gasteiger partial charge is 0.473 e. The van der Waals surface area contributed by atoms with Crippen LogP contribution in [0, 0.1) is 0 Å². The molecule has 0 spiro atoms. The summed E-state index contributed by atoms with van der Waals surface area (Å²) in [7, 11) is 0. The van der Waals surface area contributed by atoms with Gasteiger partial charge in [-0.05, 0) is 62.8 Å². The van der Waals surface area contributed by atoms with Crippen LogP contribution in [0.3, 0.4) is 0 Å². The minimum Gasteiger partial charge on any atom is -0.473 e. The van der Waals surface area contributed by atoms with Gasteiger partial charge in [-0.15, -0.1) is 13.2 Å². The second kappa shape index (κ2) is 14.4. The molecule has 29 heavy (non-hydrogen) atoms. The van der Waals surface area contributed by atoms with E-state index in [9.17, 15) is 0 Å². The van der Waals surface area contributed by atoms with Crippen LogP contribution in [0.2, 0.25) is 0 Å². The summed E-state index contributed by atoms with van der Waals surface area (Å²) in [6, 6.07) is 8.17. The lowest BCUT2D eigenvalue weighted by Gasteiger charge is -2.08. The molecule has 4 heteroatoms. The molecule has 0 bridgehead atoms. The molecule has 2 heterocycles. The third-order valence-corrected chi connectivity index (χ3v) is 5.59. The Hall–Kier alpha value is -2.56. The van der Waals surface area contributed by atoms with E-state index in [1.54, 1.807) is 28.7 Å². The molecule has 0 N–H and O–H groups in total. The van der Waals surface area contributed by atoms with E-state index in [0.29, 0.717) is 0 Å². The first-order chi connectivity index (χ1) is 14.2. The molecule has 0 amide bonds. The second-order valence-electron chi connectivity index (χ2n) is 5.68. The topological polar surface area (TPSA) is 18.5 Å². The minimum absolute atomic E-state index is 0.139. The van der Waals surface area contributed by atoms with Crippen molar-refractivity contribution in [2.75, 3.05) is 0 Å². The van der Waals surface area contributed by atoms with E-state index in [-0.39, 0.29) is 6.10 Å². The highest BCUT2D eigenvalue weighted by Crippen LogP contribution is 2.40. The predicted octanol–water partition coefficient (Wildman–Crippen LogP) is 8.59. The van der Waals surface area contributed by atoms with Gasteiger partial charge in [0.25, 0.3) is 0 Å². The molecule has 1 unspecified atom stereocenters. The zero-order valence-electron chi connectivity index (χ0n) is 17.5. The summed E-state index contributed by atoms with van der Waals surface area (Å²) in [6.45, 7) is 15.9. The normalized spacial score (nSPS) is 12.9. The van der Waals surface area contributed by atoms with Gasteiger partial charge in [0.2, 0.25) is 0 Å². The molecular formula is C25H30O2S2. The van der Waals surface area contributed by atoms with E-state index in [0.717, 1.165) is 27.2 Å². The third kappa shape index (κ3) is 8.99. The lowest BCUT2D eigenvalue weighted by Crippen LogP contribution is -2.08. The number of allylic oxidation sites excluding steroid dienone is 7. The van der Waals surface area contributed by atoms with E-state index < -0.39 is 0 Å². The van der Waals surface area contributed by atoms with Gasteiger partial charge in [0.15, 0.2) is 10.1 Å². The van der Waals surface area contributed by atoms with Gasteiger partial charge in [0, 0.05) is 9.75 Å². The van der Waals surface area contributed by atoms with Crippen molar-refractivity contribution in [1.82, 2.24) is 0 Å². The van der Waals surface area contributed by atoms with Gasteiger partial charge in [-0.3, -0.25) is 0 Å². The number of ether oxygens (including phenoxy) is 2. The Morgan fingerprint density at radius 1 is 1.03 bits per heavy atom. The Morgan fingerprint density at radius 2 is 1.69 bits per heavy atom. The number of hydrogen-bond acceptors (Lipinski definition) is 4. The fraction of sp³-hybridized carbons (Fsp3) is 0.200. The van der Waals surface area contributed by atoms with E-state index in [2.05, 4.69) is 44.9 Å². The molecule has 1 atom stereocenters. The Bertz CT molecular complexity index is 850. The zero-order valence-corrected chi connectivity index (χ0v) is 19.1. The highest BCUT2D eigenvalue weighted by Gasteiger charge is 2.10. The van der Waals surface area contributed by atoms with Gasteiger partial charge in [-0.1, -0.05) is 66.6 Å². The monoisotopic (exact) mass is 426 g/mol. The third-order valence-electron chi connectivity index (χ3n) is 3.46. The highest BCUT2D eigenvalue weighted by molar-refractivity contribution is 7.23. The summed E-state index contributed by atoms with van der Waals surface area (Å²) in [5, 5.41) is 1.76. The quantitative estimate of drug-likeness (QED) is 0.215. The lowest BCUT2D eigenvalue weighted by atomic mass is 10.3. The summed E-state index contributed by atoms with van der Waals surface area (Å²) < 4.78 is 11.8. The smallest absolute Gasteiger partial charge is 0.181 e. The first-order valence-electron chi connectivity index (χ1n) is 9.46. The van der Waals surface area contributed by atoms with Crippen LogP contribution >= 0.6 is 22.7 Å².